The quantitative estimate of drug-likeness (QED) is 0.674. The molecule has 2 heterocycles. The van der Waals surface area contributed by atoms with E-state index in [-0.39, 0.29) is 0 Å². The lowest BCUT2D eigenvalue weighted by Crippen LogP contribution is -1.86. The van der Waals surface area contributed by atoms with Crippen LogP contribution in [0.5, 0.6) is 0 Å². The first-order chi connectivity index (χ1) is 5.83. The van der Waals surface area contributed by atoms with Crippen LogP contribution in [0.4, 0.5) is 0 Å². The number of H-pyrrole nitrogens is 1. The number of fused-ring (bicyclic) bond motifs is 1. The van der Waals surface area contributed by atoms with Crippen LogP contribution in [0.15, 0.2) is 19.2 Å². The molecule has 1 N–H and O–H groups in total. The molecule has 2 rings (SSSR count). The summed E-state index contributed by atoms with van der Waals surface area (Å²) in [7, 11) is 0. The van der Waals surface area contributed by atoms with Gasteiger partial charge in [-0.05, 0) is 0 Å². The van der Waals surface area contributed by atoms with Gasteiger partial charge in [-0.3, -0.25) is 4.57 Å². The number of hydrogen-bond acceptors (Lipinski definition) is 3. The Kier molecular flexibility index (Phi) is 1.51. The van der Waals surface area contributed by atoms with Gasteiger partial charge in [0.15, 0.2) is 4.64 Å². The Balaban J connectivity index is 2.98. The Labute approximate surface area is 73.6 Å². The van der Waals surface area contributed by atoms with Gasteiger partial charge in [-0.15, -0.1) is 0 Å². The predicted molar refractivity (Wildman–Crippen MR) is 49.1 cm³/mol. The fraction of sp³-hybridized carbons (Fsp3) is 0. The van der Waals surface area contributed by atoms with Gasteiger partial charge in [-0.2, -0.15) is 0 Å². The van der Waals surface area contributed by atoms with E-state index in [0.29, 0.717) is 10.2 Å². The van der Waals surface area contributed by atoms with Crippen LogP contribution in [0.25, 0.3) is 17.4 Å². The van der Waals surface area contributed by atoms with Gasteiger partial charge >= 0.3 is 0 Å². The highest BCUT2D eigenvalue weighted by molar-refractivity contribution is 7.71. The van der Waals surface area contributed by atoms with E-state index in [1.807, 2.05) is 0 Å². The zero-order chi connectivity index (χ0) is 8.55. The third kappa shape index (κ3) is 0.868. The zero-order valence-corrected chi connectivity index (χ0v) is 7.01. The molecule has 0 unspecified atom stereocenters. The first-order valence-electron chi connectivity index (χ1n) is 3.35. The average Bonchev–Trinajstić information content (AvgIpc) is 2.49. The largest absolute Gasteiger partial charge is 0.330 e. The fourth-order valence-electron chi connectivity index (χ4n) is 1.01. The lowest BCUT2D eigenvalue weighted by molar-refractivity contribution is 1.12. The molecular formula is C7H6N4S. The summed E-state index contributed by atoms with van der Waals surface area (Å²) in [4.78, 5) is 10.9. The molecule has 0 radical (unpaired) electrons. The Morgan fingerprint density at radius 1 is 1.58 bits per heavy atom. The summed E-state index contributed by atoms with van der Waals surface area (Å²) >= 11 is 4.97. The molecule has 0 aliphatic rings. The second kappa shape index (κ2) is 2.53. The number of imidazole rings is 1. The maximum atomic E-state index is 4.97. The number of hydrogen-bond donors (Lipinski definition) is 1. The van der Waals surface area contributed by atoms with Crippen molar-refractivity contribution in [3.8, 4) is 0 Å². The number of rotatable bonds is 1. The van der Waals surface area contributed by atoms with Crippen molar-refractivity contribution in [1.82, 2.24) is 19.5 Å². The van der Waals surface area contributed by atoms with Gasteiger partial charge in [-0.25, -0.2) is 9.97 Å². The number of aromatic nitrogens is 4. The fourth-order valence-corrected chi connectivity index (χ4v) is 1.21. The van der Waals surface area contributed by atoms with Gasteiger partial charge < -0.3 is 4.98 Å². The molecule has 0 spiro atoms. The topological polar surface area (TPSA) is 46.5 Å². The number of aromatic amines is 1. The normalized spacial score (nSPS) is 10.3. The molecule has 2 aromatic heterocycles. The number of nitrogens with one attached hydrogen (secondary N) is 1. The summed E-state index contributed by atoms with van der Waals surface area (Å²) in [6.45, 7) is 3.63. The van der Waals surface area contributed by atoms with E-state index in [1.54, 1.807) is 23.4 Å². The van der Waals surface area contributed by atoms with Crippen molar-refractivity contribution in [3.05, 3.63) is 23.9 Å². The van der Waals surface area contributed by atoms with Gasteiger partial charge in [0.05, 0.1) is 6.33 Å². The van der Waals surface area contributed by atoms with E-state index in [4.69, 9.17) is 12.2 Å². The number of nitrogens with zero attached hydrogens (tertiary/aromatic N) is 3. The lowest BCUT2D eigenvalue weighted by atomic mass is 10.5. The third-order valence-corrected chi connectivity index (χ3v) is 1.87. The molecule has 0 aliphatic heterocycles. The molecule has 0 aliphatic carbocycles. The van der Waals surface area contributed by atoms with E-state index < -0.39 is 0 Å². The van der Waals surface area contributed by atoms with Gasteiger partial charge in [0.2, 0.25) is 0 Å². The maximum absolute atomic E-state index is 4.97. The van der Waals surface area contributed by atoms with Crippen LogP contribution in [0.3, 0.4) is 0 Å². The van der Waals surface area contributed by atoms with Crippen LogP contribution in [0.1, 0.15) is 0 Å². The molecule has 5 heteroatoms. The maximum Gasteiger partial charge on any atom is 0.157 e. The molecule has 60 valence electrons. The molecule has 2 aromatic rings. The summed E-state index contributed by atoms with van der Waals surface area (Å²) in [6, 6.07) is 0. The molecular weight excluding hydrogens is 172 g/mol. The zero-order valence-electron chi connectivity index (χ0n) is 6.19. The minimum Gasteiger partial charge on any atom is -0.330 e. The monoisotopic (exact) mass is 178 g/mol. The molecule has 12 heavy (non-hydrogen) atoms. The van der Waals surface area contributed by atoms with Crippen molar-refractivity contribution >= 4 is 29.6 Å². The van der Waals surface area contributed by atoms with Crippen molar-refractivity contribution in [2.75, 3.05) is 0 Å². The van der Waals surface area contributed by atoms with Crippen LogP contribution in [-0.4, -0.2) is 19.5 Å². The van der Waals surface area contributed by atoms with Crippen LogP contribution in [-0.2, 0) is 0 Å². The first-order valence-corrected chi connectivity index (χ1v) is 3.76. The molecule has 0 saturated carbocycles. The van der Waals surface area contributed by atoms with Gasteiger partial charge in [0.25, 0.3) is 0 Å². The highest BCUT2D eigenvalue weighted by Crippen LogP contribution is 2.08. The van der Waals surface area contributed by atoms with Crippen molar-refractivity contribution in [3.63, 3.8) is 0 Å². The molecule has 0 aromatic carbocycles. The van der Waals surface area contributed by atoms with Gasteiger partial charge in [-0.1, -0.05) is 18.8 Å². The van der Waals surface area contributed by atoms with Crippen molar-refractivity contribution in [2.45, 2.75) is 0 Å². The van der Waals surface area contributed by atoms with E-state index in [2.05, 4.69) is 21.5 Å². The first kappa shape index (κ1) is 7.17. The summed E-state index contributed by atoms with van der Waals surface area (Å²) in [5.41, 5.74) is 1.53. The van der Waals surface area contributed by atoms with Gasteiger partial charge in [0, 0.05) is 6.20 Å². The highest BCUT2D eigenvalue weighted by atomic mass is 32.1. The second-order valence-electron chi connectivity index (χ2n) is 2.24. The SMILES string of the molecule is C=Cn1cnc2c(=S)nc[nH]c21. The molecule has 0 atom stereocenters. The smallest absolute Gasteiger partial charge is 0.157 e. The van der Waals surface area contributed by atoms with Crippen molar-refractivity contribution < 1.29 is 0 Å². The summed E-state index contributed by atoms with van der Waals surface area (Å²) in [5, 5.41) is 0. The third-order valence-electron chi connectivity index (χ3n) is 1.58. The predicted octanol–water partition coefficient (Wildman–Crippen LogP) is 1.59. The Hall–Kier alpha value is -1.49. The van der Waals surface area contributed by atoms with E-state index >= 15 is 0 Å². The Morgan fingerprint density at radius 2 is 2.42 bits per heavy atom. The Morgan fingerprint density at radius 3 is 3.17 bits per heavy atom. The van der Waals surface area contributed by atoms with E-state index in [9.17, 15) is 0 Å². The van der Waals surface area contributed by atoms with Crippen LogP contribution >= 0.6 is 12.2 Å². The van der Waals surface area contributed by atoms with E-state index in [1.165, 1.54) is 0 Å². The molecule has 0 amide bonds. The Bertz CT molecular complexity index is 481. The summed E-state index contributed by atoms with van der Waals surface area (Å²) in [5.74, 6) is 0. The summed E-state index contributed by atoms with van der Waals surface area (Å²) in [6.07, 6.45) is 4.85. The van der Waals surface area contributed by atoms with E-state index in [0.717, 1.165) is 5.65 Å². The lowest BCUT2D eigenvalue weighted by Gasteiger charge is -1.92. The van der Waals surface area contributed by atoms with Crippen LogP contribution in [0.2, 0.25) is 0 Å². The molecule has 0 fully saturated rings. The highest BCUT2D eigenvalue weighted by Gasteiger charge is 2.00. The van der Waals surface area contributed by atoms with Crippen LogP contribution in [0, 0.1) is 4.64 Å². The van der Waals surface area contributed by atoms with Gasteiger partial charge in [0.1, 0.15) is 17.5 Å². The molecule has 0 saturated heterocycles. The minimum atomic E-state index is 0.504. The van der Waals surface area contributed by atoms with Crippen molar-refractivity contribution in [1.29, 1.82) is 0 Å². The average molecular weight is 178 g/mol. The van der Waals surface area contributed by atoms with Crippen LogP contribution < -0.4 is 0 Å². The second-order valence-corrected chi connectivity index (χ2v) is 2.63. The van der Waals surface area contributed by atoms with Crippen molar-refractivity contribution in [2.24, 2.45) is 0 Å². The molecule has 4 nitrogen and oxygen atoms in total. The standard InChI is InChI=1S/C7H6N4S/c1-2-11-4-10-5-6(11)8-3-9-7(5)12/h2-4H,1H2,(H,8,9,12). The minimum absolute atomic E-state index is 0.504. The molecule has 0 bridgehead atoms. The summed E-state index contributed by atoms with van der Waals surface area (Å²) < 4.78 is 2.26.